The molecule has 18 heavy (non-hydrogen) atoms. The number of carbonyl (C=O) groups is 1. The highest BCUT2D eigenvalue weighted by Gasteiger charge is 2.11. The highest BCUT2D eigenvalue weighted by atomic mass is 79.9. The maximum absolute atomic E-state index is 12.2. The Kier molecular flexibility index (Phi) is 4.44. The first-order valence-corrected chi connectivity index (χ1v) is 6.84. The first-order chi connectivity index (χ1) is 8.56. The molecular weight excluding hydrogens is 335 g/mol. The largest absolute Gasteiger partial charge is 0.294 e. The van der Waals surface area contributed by atoms with Crippen LogP contribution in [-0.2, 0) is 6.42 Å². The quantitative estimate of drug-likeness (QED) is 0.701. The summed E-state index contributed by atoms with van der Waals surface area (Å²) in [7, 11) is 0. The molecule has 2 aromatic rings. The van der Waals surface area contributed by atoms with Crippen molar-refractivity contribution in [1.29, 1.82) is 0 Å². The van der Waals surface area contributed by atoms with Gasteiger partial charge in [-0.3, -0.25) is 4.79 Å². The third-order valence-electron chi connectivity index (χ3n) is 2.51. The SMILES string of the molecule is O=C(Cc1ccc(Cl)cc1)c1cc(Cl)ccc1Br. The van der Waals surface area contributed by atoms with E-state index in [-0.39, 0.29) is 5.78 Å². The Morgan fingerprint density at radius 1 is 1.00 bits per heavy atom. The van der Waals surface area contributed by atoms with Gasteiger partial charge in [-0.15, -0.1) is 0 Å². The smallest absolute Gasteiger partial charge is 0.168 e. The zero-order chi connectivity index (χ0) is 13.1. The van der Waals surface area contributed by atoms with Crippen LogP contribution in [0.5, 0.6) is 0 Å². The van der Waals surface area contributed by atoms with Crippen molar-refractivity contribution in [2.45, 2.75) is 6.42 Å². The molecule has 0 spiro atoms. The minimum absolute atomic E-state index is 0.0201. The van der Waals surface area contributed by atoms with Gasteiger partial charge in [0.05, 0.1) is 0 Å². The fraction of sp³-hybridized carbons (Fsp3) is 0.0714. The molecule has 0 heterocycles. The monoisotopic (exact) mass is 342 g/mol. The van der Waals surface area contributed by atoms with Gasteiger partial charge in [-0.2, -0.15) is 0 Å². The van der Waals surface area contributed by atoms with E-state index in [1.165, 1.54) is 0 Å². The number of halogens is 3. The molecule has 0 aliphatic heterocycles. The molecule has 0 bridgehead atoms. The molecular formula is C14H9BrCl2O. The Labute approximate surface area is 124 Å². The van der Waals surface area contributed by atoms with Crippen LogP contribution in [0.15, 0.2) is 46.9 Å². The van der Waals surface area contributed by atoms with Crippen molar-refractivity contribution in [3.8, 4) is 0 Å². The predicted molar refractivity (Wildman–Crippen MR) is 78.6 cm³/mol. The van der Waals surface area contributed by atoms with Crippen molar-refractivity contribution in [1.82, 2.24) is 0 Å². The average Bonchev–Trinajstić information content (AvgIpc) is 2.35. The molecule has 0 aliphatic carbocycles. The van der Waals surface area contributed by atoms with Crippen molar-refractivity contribution in [2.75, 3.05) is 0 Å². The molecule has 0 amide bonds. The van der Waals surface area contributed by atoms with E-state index in [1.807, 2.05) is 12.1 Å². The minimum atomic E-state index is 0.0201. The molecule has 0 atom stereocenters. The molecule has 0 N–H and O–H groups in total. The standard InChI is InChI=1S/C14H9BrCl2O/c15-13-6-5-11(17)8-12(13)14(18)7-9-1-3-10(16)4-2-9/h1-6,8H,7H2. The Bertz CT molecular complexity index is 579. The van der Waals surface area contributed by atoms with E-state index in [4.69, 9.17) is 23.2 Å². The van der Waals surface area contributed by atoms with E-state index in [2.05, 4.69) is 15.9 Å². The molecule has 1 nitrogen and oxygen atoms in total. The van der Waals surface area contributed by atoms with E-state index in [9.17, 15) is 4.79 Å². The molecule has 2 rings (SSSR count). The van der Waals surface area contributed by atoms with E-state index in [0.717, 1.165) is 10.0 Å². The molecule has 4 heteroatoms. The molecule has 0 aromatic heterocycles. The fourth-order valence-corrected chi connectivity index (χ4v) is 2.36. The van der Waals surface area contributed by atoms with Crippen molar-refractivity contribution in [3.05, 3.63) is 68.1 Å². The number of hydrogen-bond donors (Lipinski definition) is 0. The summed E-state index contributed by atoms with van der Waals surface area (Å²) in [5.41, 5.74) is 1.52. The minimum Gasteiger partial charge on any atom is -0.294 e. The summed E-state index contributed by atoms with van der Waals surface area (Å²) >= 11 is 15.1. The third-order valence-corrected chi connectivity index (χ3v) is 3.69. The Balaban J connectivity index is 2.21. The van der Waals surface area contributed by atoms with Crippen LogP contribution in [-0.4, -0.2) is 5.78 Å². The summed E-state index contributed by atoms with van der Waals surface area (Å²) in [5.74, 6) is 0.0201. The molecule has 0 radical (unpaired) electrons. The summed E-state index contributed by atoms with van der Waals surface area (Å²) in [6.45, 7) is 0. The molecule has 0 fully saturated rings. The predicted octanol–water partition coefficient (Wildman–Crippen LogP) is 5.18. The second-order valence-electron chi connectivity index (χ2n) is 3.85. The third kappa shape index (κ3) is 3.35. The van der Waals surface area contributed by atoms with Gasteiger partial charge < -0.3 is 0 Å². The van der Waals surface area contributed by atoms with Crippen molar-refractivity contribution in [2.24, 2.45) is 0 Å². The molecule has 0 saturated carbocycles. The highest BCUT2D eigenvalue weighted by molar-refractivity contribution is 9.10. The highest BCUT2D eigenvalue weighted by Crippen LogP contribution is 2.23. The number of Topliss-reactive ketones (excluding diaryl/α,β-unsaturated/α-hetero) is 1. The Hall–Kier alpha value is -0.830. The molecule has 0 aliphatic rings. The molecule has 2 aromatic carbocycles. The zero-order valence-corrected chi connectivity index (χ0v) is 12.4. The van der Waals surface area contributed by atoms with Gasteiger partial charge >= 0.3 is 0 Å². The lowest BCUT2D eigenvalue weighted by molar-refractivity contribution is 0.0992. The van der Waals surface area contributed by atoms with Gasteiger partial charge in [0.1, 0.15) is 0 Å². The van der Waals surface area contributed by atoms with Crippen LogP contribution in [0.25, 0.3) is 0 Å². The van der Waals surface area contributed by atoms with Crippen LogP contribution < -0.4 is 0 Å². The lowest BCUT2D eigenvalue weighted by atomic mass is 10.0. The molecule has 0 unspecified atom stereocenters. The van der Waals surface area contributed by atoms with Crippen molar-refractivity contribution in [3.63, 3.8) is 0 Å². The summed E-state index contributed by atoms with van der Waals surface area (Å²) in [6.07, 6.45) is 0.329. The van der Waals surface area contributed by atoms with E-state index in [1.54, 1.807) is 30.3 Å². The first-order valence-electron chi connectivity index (χ1n) is 5.29. The number of ketones is 1. The number of hydrogen-bond acceptors (Lipinski definition) is 1. The summed E-state index contributed by atoms with van der Waals surface area (Å²) in [6, 6.07) is 12.4. The van der Waals surface area contributed by atoms with Crippen LogP contribution >= 0.6 is 39.1 Å². The topological polar surface area (TPSA) is 17.1 Å². The summed E-state index contributed by atoms with van der Waals surface area (Å²) < 4.78 is 0.755. The van der Waals surface area contributed by atoms with Gasteiger partial charge in [-0.05, 0) is 35.9 Å². The van der Waals surface area contributed by atoms with Gasteiger partial charge in [0.25, 0.3) is 0 Å². The van der Waals surface area contributed by atoms with Crippen LogP contribution in [0.3, 0.4) is 0 Å². The molecule has 92 valence electrons. The lowest BCUT2D eigenvalue weighted by Crippen LogP contribution is -2.04. The first kappa shape index (κ1) is 13.6. The molecule has 0 saturated heterocycles. The second kappa shape index (κ2) is 5.87. The average molecular weight is 344 g/mol. The van der Waals surface area contributed by atoms with Crippen LogP contribution in [0.2, 0.25) is 10.0 Å². The maximum atomic E-state index is 12.2. The second-order valence-corrected chi connectivity index (χ2v) is 5.58. The Morgan fingerprint density at radius 3 is 2.28 bits per heavy atom. The fourth-order valence-electron chi connectivity index (χ4n) is 1.59. The van der Waals surface area contributed by atoms with Crippen LogP contribution in [0, 0.1) is 0 Å². The maximum Gasteiger partial charge on any atom is 0.168 e. The summed E-state index contributed by atoms with van der Waals surface area (Å²) in [5, 5.41) is 1.22. The van der Waals surface area contributed by atoms with Gasteiger partial charge in [0.2, 0.25) is 0 Å². The van der Waals surface area contributed by atoms with E-state index in [0.29, 0.717) is 22.0 Å². The van der Waals surface area contributed by atoms with Gasteiger partial charge in [-0.25, -0.2) is 0 Å². The van der Waals surface area contributed by atoms with Gasteiger partial charge in [0.15, 0.2) is 5.78 Å². The van der Waals surface area contributed by atoms with Gasteiger partial charge in [-0.1, -0.05) is 51.3 Å². The van der Waals surface area contributed by atoms with E-state index >= 15 is 0 Å². The van der Waals surface area contributed by atoms with Crippen LogP contribution in [0.4, 0.5) is 0 Å². The summed E-state index contributed by atoms with van der Waals surface area (Å²) in [4.78, 5) is 12.2. The number of benzene rings is 2. The van der Waals surface area contributed by atoms with Crippen LogP contribution in [0.1, 0.15) is 15.9 Å². The van der Waals surface area contributed by atoms with Gasteiger partial charge in [0, 0.05) is 26.5 Å². The van der Waals surface area contributed by atoms with Crippen molar-refractivity contribution < 1.29 is 4.79 Å². The normalized spacial score (nSPS) is 10.4. The van der Waals surface area contributed by atoms with Crippen molar-refractivity contribution >= 4 is 44.9 Å². The number of rotatable bonds is 3. The van der Waals surface area contributed by atoms with E-state index < -0.39 is 0 Å². The zero-order valence-electron chi connectivity index (χ0n) is 9.29. The Morgan fingerprint density at radius 2 is 1.61 bits per heavy atom. The lowest BCUT2D eigenvalue weighted by Gasteiger charge is -2.05. The number of carbonyl (C=O) groups excluding carboxylic acids is 1.